The predicted octanol–water partition coefficient (Wildman–Crippen LogP) is 4.14. The number of hydrogen-bond acceptors (Lipinski definition) is 5. The first kappa shape index (κ1) is 15.7. The van der Waals surface area contributed by atoms with Gasteiger partial charge in [-0.2, -0.15) is 8.75 Å². The van der Waals surface area contributed by atoms with Crippen LogP contribution in [0.15, 0.2) is 42.5 Å². The molecule has 118 valence electrons. The molecule has 3 aromatic rings. The third-order valence-electron chi connectivity index (χ3n) is 3.27. The minimum Gasteiger partial charge on any atom is -0.478 e. The maximum atomic E-state index is 12.6. The molecule has 7 heteroatoms. The zero-order chi connectivity index (χ0) is 16.4. The molecule has 5 nitrogen and oxygen atoms in total. The molecule has 23 heavy (non-hydrogen) atoms. The first-order valence-electron chi connectivity index (χ1n) is 6.93. The number of amides is 1. The van der Waals surface area contributed by atoms with Gasteiger partial charge >= 0.3 is 0 Å². The van der Waals surface area contributed by atoms with Crippen LogP contribution < -0.4 is 10.1 Å². The summed E-state index contributed by atoms with van der Waals surface area (Å²) in [6.45, 7) is 3.41. The van der Waals surface area contributed by atoms with Crippen LogP contribution in [0.4, 0.5) is 5.69 Å². The Bertz CT molecular complexity index is 846. The number of nitrogens with zero attached hydrogens (tertiary/aromatic N) is 2. The molecule has 0 saturated carbocycles. The molecule has 2 aromatic carbocycles. The molecule has 0 atom stereocenters. The third-order valence-corrected chi connectivity index (χ3v) is 4.06. The van der Waals surface area contributed by atoms with E-state index in [-0.39, 0.29) is 5.91 Å². The summed E-state index contributed by atoms with van der Waals surface area (Å²) in [5.74, 6) is 0.302. The highest BCUT2D eigenvalue weighted by molar-refractivity contribution is 7.00. The monoisotopic (exact) mass is 347 g/mol. The van der Waals surface area contributed by atoms with Crippen molar-refractivity contribution in [2.75, 3.05) is 5.32 Å². The van der Waals surface area contributed by atoms with E-state index in [0.29, 0.717) is 22.0 Å². The maximum absolute atomic E-state index is 12.6. The number of halogens is 1. The van der Waals surface area contributed by atoms with Gasteiger partial charge in [-0.05, 0) is 50.2 Å². The van der Waals surface area contributed by atoms with Crippen molar-refractivity contribution in [3.8, 4) is 5.75 Å². The van der Waals surface area contributed by atoms with Crippen LogP contribution in [0.1, 0.15) is 13.8 Å². The summed E-state index contributed by atoms with van der Waals surface area (Å²) >= 11 is 6.96. The molecular weight excluding hydrogens is 334 g/mol. The standard InChI is InChI=1S/C16H14ClN3O2S/c1-16(2,22-11-8-6-10(17)7-9-11)15(21)18-12-4-3-5-13-14(12)20-23-19-13/h3-9H,1-2H3,(H,18,21). The van der Waals surface area contributed by atoms with Gasteiger partial charge in [-0.15, -0.1) is 0 Å². The van der Waals surface area contributed by atoms with Crippen LogP contribution in [0.25, 0.3) is 11.0 Å². The Morgan fingerprint density at radius 1 is 1.17 bits per heavy atom. The summed E-state index contributed by atoms with van der Waals surface area (Å²) in [7, 11) is 0. The molecule has 0 aliphatic heterocycles. The van der Waals surface area contributed by atoms with Gasteiger partial charge in [0, 0.05) is 5.02 Å². The highest BCUT2D eigenvalue weighted by Gasteiger charge is 2.30. The molecule has 0 bridgehead atoms. The van der Waals surface area contributed by atoms with Gasteiger partial charge in [-0.25, -0.2) is 0 Å². The largest absolute Gasteiger partial charge is 0.478 e. The second kappa shape index (κ2) is 6.14. The predicted molar refractivity (Wildman–Crippen MR) is 92.2 cm³/mol. The molecule has 3 rings (SSSR count). The molecule has 0 radical (unpaired) electrons. The van der Waals surface area contributed by atoms with Crippen LogP contribution in [0, 0.1) is 0 Å². The number of nitrogens with one attached hydrogen (secondary N) is 1. The van der Waals surface area contributed by atoms with Gasteiger partial charge < -0.3 is 10.1 Å². The number of aromatic nitrogens is 2. The van der Waals surface area contributed by atoms with Gasteiger partial charge in [-0.3, -0.25) is 4.79 Å². The van der Waals surface area contributed by atoms with Gasteiger partial charge in [0.15, 0.2) is 5.60 Å². The van der Waals surface area contributed by atoms with Gasteiger partial charge in [0.1, 0.15) is 16.8 Å². The van der Waals surface area contributed by atoms with Crippen molar-refractivity contribution in [3.05, 3.63) is 47.5 Å². The quantitative estimate of drug-likeness (QED) is 0.770. The van der Waals surface area contributed by atoms with Crippen molar-refractivity contribution in [3.63, 3.8) is 0 Å². The van der Waals surface area contributed by atoms with Gasteiger partial charge in [-0.1, -0.05) is 17.7 Å². The normalized spacial score (nSPS) is 11.4. The van der Waals surface area contributed by atoms with E-state index < -0.39 is 5.60 Å². The lowest BCUT2D eigenvalue weighted by Gasteiger charge is -2.25. The Balaban J connectivity index is 1.78. The number of anilines is 1. The Hall–Kier alpha value is -2.18. The average molecular weight is 348 g/mol. The van der Waals surface area contributed by atoms with Crippen LogP contribution in [0.3, 0.4) is 0 Å². The molecular formula is C16H14ClN3O2S. The van der Waals surface area contributed by atoms with E-state index >= 15 is 0 Å². The molecule has 0 unspecified atom stereocenters. The number of ether oxygens (including phenoxy) is 1. The molecule has 0 aliphatic carbocycles. The van der Waals surface area contributed by atoms with Crippen molar-refractivity contribution in [1.29, 1.82) is 0 Å². The number of benzene rings is 2. The molecule has 0 spiro atoms. The zero-order valence-electron chi connectivity index (χ0n) is 12.5. The first-order chi connectivity index (χ1) is 11.0. The van der Waals surface area contributed by atoms with Crippen molar-refractivity contribution < 1.29 is 9.53 Å². The van der Waals surface area contributed by atoms with Crippen LogP contribution >= 0.6 is 23.3 Å². The summed E-state index contributed by atoms with van der Waals surface area (Å²) in [6, 6.07) is 12.3. The van der Waals surface area contributed by atoms with E-state index in [0.717, 1.165) is 17.2 Å². The fourth-order valence-corrected chi connectivity index (χ4v) is 2.70. The highest BCUT2D eigenvalue weighted by atomic mass is 35.5. The Morgan fingerprint density at radius 2 is 1.91 bits per heavy atom. The number of carbonyl (C=O) groups excluding carboxylic acids is 1. The topological polar surface area (TPSA) is 64.1 Å². The Labute approximate surface area is 142 Å². The van der Waals surface area contributed by atoms with Gasteiger partial charge in [0.05, 0.1) is 17.4 Å². The van der Waals surface area contributed by atoms with Crippen molar-refractivity contribution in [1.82, 2.24) is 8.75 Å². The van der Waals surface area contributed by atoms with E-state index in [1.165, 1.54) is 0 Å². The van der Waals surface area contributed by atoms with E-state index in [1.54, 1.807) is 44.2 Å². The Morgan fingerprint density at radius 3 is 2.65 bits per heavy atom. The van der Waals surface area contributed by atoms with Gasteiger partial charge in [0.2, 0.25) is 0 Å². The summed E-state index contributed by atoms with van der Waals surface area (Å²) in [6.07, 6.45) is 0. The van der Waals surface area contributed by atoms with Crippen molar-refractivity contribution in [2.45, 2.75) is 19.4 Å². The fourth-order valence-electron chi connectivity index (χ4n) is 2.02. The molecule has 0 saturated heterocycles. The van der Waals surface area contributed by atoms with Crippen molar-refractivity contribution in [2.24, 2.45) is 0 Å². The molecule has 1 N–H and O–H groups in total. The van der Waals surface area contributed by atoms with Crippen LogP contribution in [0.5, 0.6) is 5.75 Å². The van der Waals surface area contributed by atoms with Crippen LogP contribution in [0.2, 0.25) is 5.02 Å². The first-order valence-corrected chi connectivity index (χ1v) is 8.04. The highest BCUT2D eigenvalue weighted by Crippen LogP contribution is 2.25. The SMILES string of the molecule is CC(C)(Oc1ccc(Cl)cc1)C(=O)Nc1cccc2nsnc12. The van der Waals surface area contributed by atoms with E-state index in [2.05, 4.69) is 14.1 Å². The second-order valence-corrected chi connectivity index (χ2v) is 6.42. The smallest absolute Gasteiger partial charge is 0.268 e. The lowest BCUT2D eigenvalue weighted by Crippen LogP contribution is -2.42. The lowest BCUT2D eigenvalue weighted by molar-refractivity contribution is -0.128. The number of fused-ring (bicyclic) bond motifs is 1. The number of hydrogen-bond donors (Lipinski definition) is 1. The van der Waals surface area contributed by atoms with Gasteiger partial charge in [0.25, 0.3) is 5.91 Å². The summed E-state index contributed by atoms with van der Waals surface area (Å²) in [5, 5.41) is 3.47. The summed E-state index contributed by atoms with van der Waals surface area (Å²) in [4.78, 5) is 12.6. The van der Waals surface area contributed by atoms with E-state index in [1.807, 2.05) is 12.1 Å². The van der Waals surface area contributed by atoms with E-state index in [9.17, 15) is 4.79 Å². The minimum atomic E-state index is -1.06. The lowest BCUT2D eigenvalue weighted by atomic mass is 10.1. The van der Waals surface area contributed by atoms with E-state index in [4.69, 9.17) is 16.3 Å². The number of carbonyl (C=O) groups is 1. The molecule has 1 heterocycles. The maximum Gasteiger partial charge on any atom is 0.268 e. The minimum absolute atomic E-state index is 0.270. The third kappa shape index (κ3) is 3.43. The Kier molecular flexibility index (Phi) is 4.19. The molecule has 0 fully saturated rings. The summed E-state index contributed by atoms with van der Waals surface area (Å²) in [5.41, 5.74) is 0.991. The number of rotatable bonds is 4. The summed E-state index contributed by atoms with van der Waals surface area (Å²) < 4.78 is 14.1. The average Bonchev–Trinajstić information content (AvgIpc) is 2.99. The van der Waals surface area contributed by atoms with Crippen LogP contribution in [-0.2, 0) is 4.79 Å². The second-order valence-electron chi connectivity index (χ2n) is 5.46. The zero-order valence-corrected chi connectivity index (χ0v) is 14.1. The molecule has 1 amide bonds. The van der Waals surface area contributed by atoms with Crippen molar-refractivity contribution >= 4 is 46.0 Å². The van der Waals surface area contributed by atoms with Crippen LogP contribution in [-0.4, -0.2) is 20.3 Å². The molecule has 1 aromatic heterocycles. The fraction of sp³-hybridized carbons (Fsp3) is 0.188. The molecule has 0 aliphatic rings.